The van der Waals surface area contributed by atoms with Crippen molar-refractivity contribution in [3.8, 4) is 5.75 Å². The van der Waals surface area contributed by atoms with Crippen LogP contribution >= 0.6 is 17.0 Å². The van der Waals surface area contributed by atoms with Crippen LogP contribution in [0.2, 0.25) is 0 Å². The minimum absolute atomic E-state index is 0. The number of ether oxygens (including phenoxy) is 2. The number of amides is 1. The number of carbonyl (C=O) groups is 3. The second-order valence-corrected chi connectivity index (χ2v) is 11.7. The Balaban J connectivity index is 0.00000588. The molecule has 3 aromatic rings. The third-order valence-corrected chi connectivity index (χ3v) is 6.46. The summed E-state index contributed by atoms with van der Waals surface area (Å²) in [6.45, 7) is 13.7. The lowest BCUT2D eigenvalue weighted by atomic mass is 9.78. The molecule has 1 aromatic heterocycles. The molecule has 0 saturated heterocycles. The molecule has 0 radical (unpaired) electrons. The van der Waals surface area contributed by atoms with Crippen LogP contribution < -0.4 is 5.62 Å². The summed E-state index contributed by atoms with van der Waals surface area (Å²) in [5.74, 6) is -0.723. The lowest BCUT2D eigenvalue weighted by Crippen LogP contribution is -2.31. The first-order valence-electron chi connectivity index (χ1n) is 13.2. The van der Waals surface area contributed by atoms with E-state index >= 15 is 0 Å². The molecule has 10 heteroatoms. The number of nitrogens with zero attached hydrogens (tertiary/aromatic N) is 3. The van der Waals surface area contributed by atoms with Crippen molar-refractivity contribution in [2.45, 2.75) is 72.4 Å². The zero-order valence-corrected chi connectivity index (χ0v) is 26.7. The predicted molar refractivity (Wildman–Crippen MR) is 162 cm³/mol. The molecule has 1 heterocycles. The van der Waals surface area contributed by atoms with E-state index < -0.39 is 22.9 Å². The van der Waals surface area contributed by atoms with E-state index in [-0.39, 0.29) is 59.5 Å². The molecule has 0 fully saturated rings. The van der Waals surface area contributed by atoms with Crippen molar-refractivity contribution in [2.24, 2.45) is 4.99 Å². The highest BCUT2D eigenvalue weighted by atomic mass is 79.9. The molecule has 9 nitrogen and oxygen atoms in total. The lowest BCUT2D eigenvalue weighted by molar-refractivity contribution is 0.0513. The van der Waals surface area contributed by atoms with E-state index in [1.165, 1.54) is 22.4 Å². The molecule has 0 unspecified atom stereocenters. The van der Waals surface area contributed by atoms with E-state index in [0.717, 1.165) is 5.56 Å². The zero-order chi connectivity index (χ0) is 29.8. The van der Waals surface area contributed by atoms with Crippen molar-refractivity contribution in [1.29, 1.82) is 0 Å². The fourth-order valence-corrected chi connectivity index (χ4v) is 4.38. The van der Waals surface area contributed by atoms with Gasteiger partial charge in [0, 0.05) is 22.9 Å². The fraction of sp³-hybridized carbons (Fsp3) is 0.419. The number of rotatable bonds is 7. The van der Waals surface area contributed by atoms with Crippen molar-refractivity contribution in [3.63, 3.8) is 0 Å². The zero-order valence-electron chi connectivity index (χ0n) is 25.0. The van der Waals surface area contributed by atoms with Crippen LogP contribution in [0.5, 0.6) is 5.75 Å². The average Bonchev–Trinajstić information content (AvgIpc) is 3.19. The number of Topliss-reactive ketones (excluding diaryl/α,β-unsaturated/α-hetero) is 1. The summed E-state index contributed by atoms with van der Waals surface area (Å²) in [6.07, 6.45) is 0.592. The van der Waals surface area contributed by atoms with Crippen molar-refractivity contribution >= 4 is 34.8 Å². The number of imidazole rings is 1. The lowest BCUT2D eigenvalue weighted by Gasteiger charge is -2.28. The van der Waals surface area contributed by atoms with Gasteiger partial charge in [0.25, 0.3) is 0 Å². The molecule has 1 N–H and O–H groups in total. The maximum atomic E-state index is 13.8. The van der Waals surface area contributed by atoms with Gasteiger partial charge >= 0.3 is 12.1 Å². The number of aromatic hydroxyl groups is 1. The van der Waals surface area contributed by atoms with Gasteiger partial charge in [-0.15, -0.1) is 22.0 Å². The van der Waals surface area contributed by atoms with E-state index in [4.69, 9.17) is 9.47 Å². The highest BCUT2D eigenvalue weighted by Gasteiger charge is 2.28. The van der Waals surface area contributed by atoms with Crippen LogP contribution in [0.3, 0.4) is 0 Å². The molecule has 0 bridgehead atoms. The maximum absolute atomic E-state index is 13.8. The van der Waals surface area contributed by atoms with E-state index in [1.54, 1.807) is 19.1 Å². The first kappa shape index (κ1) is 33.5. The first-order valence-corrected chi connectivity index (χ1v) is 13.2. The summed E-state index contributed by atoms with van der Waals surface area (Å²) >= 11 is 0. The van der Waals surface area contributed by atoms with Gasteiger partial charge in [0.1, 0.15) is 11.4 Å². The summed E-state index contributed by atoms with van der Waals surface area (Å²) in [4.78, 5) is 43.1. The molecule has 222 valence electrons. The summed E-state index contributed by atoms with van der Waals surface area (Å²) < 4.78 is 13.0. The molecule has 1 amide bonds. The van der Waals surface area contributed by atoms with Crippen LogP contribution in [0.15, 0.2) is 53.7 Å². The molecule has 3 rings (SSSR count). The second kappa shape index (κ2) is 13.3. The SMILES string of the molecule is Br.CCOC(=O)c1cn(CC(=O)c2cc(C(C)(C)C)c(O)c(C(C)(C)C)c2)/c(=N\C(=O)OC)n1Cc1ccccc1. The van der Waals surface area contributed by atoms with Crippen molar-refractivity contribution in [1.82, 2.24) is 9.13 Å². The third kappa shape index (κ3) is 7.97. The summed E-state index contributed by atoms with van der Waals surface area (Å²) in [7, 11) is 1.20. The van der Waals surface area contributed by atoms with E-state index in [0.29, 0.717) is 16.7 Å². The van der Waals surface area contributed by atoms with Gasteiger partial charge in [-0.3, -0.25) is 9.36 Å². The number of hydrogen-bond donors (Lipinski definition) is 1. The average molecular weight is 631 g/mol. The highest BCUT2D eigenvalue weighted by Crippen LogP contribution is 2.39. The number of halogens is 1. The number of phenols is 1. The normalized spacial score (nSPS) is 12.0. The van der Waals surface area contributed by atoms with Crippen LogP contribution in [0.1, 0.15) is 86.0 Å². The monoisotopic (exact) mass is 629 g/mol. The molecular formula is C31H40BrN3O6. The number of aromatic nitrogens is 2. The molecule has 0 atom stereocenters. The van der Waals surface area contributed by atoms with Crippen LogP contribution in [0.4, 0.5) is 4.79 Å². The Morgan fingerprint density at radius 1 is 0.951 bits per heavy atom. The maximum Gasteiger partial charge on any atom is 0.436 e. The first-order chi connectivity index (χ1) is 18.7. The van der Waals surface area contributed by atoms with E-state index in [9.17, 15) is 19.5 Å². The molecule has 2 aromatic carbocycles. The number of phenolic OH excluding ortho intramolecular Hbond substituents is 1. The van der Waals surface area contributed by atoms with Crippen molar-refractivity contribution in [2.75, 3.05) is 13.7 Å². The van der Waals surface area contributed by atoms with Gasteiger partial charge in [0.2, 0.25) is 5.62 Å². The van der Waals surface area contributed by atoms with Crippen LogP contribution in [0, 0.1) is 0 Å². The molecule has 0 aliphatic rings. The van der Waals surface area contributed by atoms with Gasteiger partial charge in [-0.2, -0.15) is 0 Å². The molecule has 0 aliphatic heterocycles. The largest absolute Gasteiger partial charge is 0.507 e. The smallest absolute Gasteiger partial charge is 0.436 e. The van der Waals surface area contributed by atoms with E-state index in [2.05, 4.69) is 4.99 Å². The van der Waals surface area contributed by atoms with Gasteiger partial charge in [-0.25, -0.2) is 9.59 Å². The fourth-order valence-electron chi connectivity index (χ4n) is 4.38. The Bertz CT molecular complexity index is 1440. The van der Waals surface area contributed by atoms with Crippen LogP contribution in [-0.2, 0) is 33.4 Å². The summed E-state index contributed by atoms with van der Waals surface area (Å²) in [5.41, 5.74) is 1.92. The van der Waals surface area contributed by atoms with Crippen LogP contribution in [-0.4, -0.2) is 45.8 Å². The minimum Gasteiger partial charge on any atom is -0.507 e. The topological polar surface area (TPSA) is 112 Å². The van der Waals surface area contributed by atoms with Gasteiger partial charge in [-0.1, -0.05) is 71.9 Å². The standard InChI is InChI=1S/C31H39N3O6.BrH/c1-9-40-27(37)24-18-33(28(32-29(38)39-8)34(24)17-20-13-11-10-12-14-20)19-25(35)21-15-22(30(2,3)4)26(36)23(16-21)31(5,6)7;/h10-16,18,36H,9,17,19H2,1-8H3;1H/b32-28+;. The Morgan fingerprint density at radius 3 is 2.00 bits per heavy atom. The Labute approximate surface area is 251 Å². The van der Waals surface area contributed by atoms with Crippen molar-refractivity contribution < 1.29 is 29.0 Å². The summed E-state index contributed by atoms with van der Waals surface area (Å²) in [5, 5.41) is 11.1. The number of esters is 1. The van der Waals surface area contributed by atoms with Gasteiger partial charge < -0.3 is 19.1 Å². The molecule has 0 spiro atoms. The Morgan fingerprint density at radius 2 is 1.51 bits per heavy atom. The molecule has 0 aliphatic carbocycles. The van der Waals surface area contributed by atoms with Gasteiger partial charge in [0.15, 0.2) is 5.78 Å². The van der Waals surface area contributed by atoms with E-state index in [1.807, 2.05) is 71.9 Å². The number of ketones is 1. The number of benzene rings is 2. The number of hydrogen-bond acceptors (Lipinski definition) is 6. The van der Waals surface area contributed by atoms with Gasteiger partial charge in [-0.05, 0) is 35.4 Å². The molecular weight excluding hydrogens is 590 g/mol. The quantitative estimate of drug-likeness (QED) is 0.255. The van der Waals surface area contributed by atoms with Crippen molar-refractivity contribution in [3.05, 3.63) is 82.2 Å². The predicted octanol–water partition coefficient (Wildman–Crippen LogP) is 5.94. The highest BCUT2D eigenvalue weighted by molar-refractivity contribution is 8.93. The van der Waals surface area contributed by atoms with Gasteiger partial charge in [0.05, 0.1) is 26.8 Å². The summed E-state index contributed by atoms with van der Waals surface area (Å²) in [6, 6.07) is 12.8. The third-order valence-electron chi connectivity index (χ3n) is 6.46. The Kier molecular flexibility index (Phi) is 10.9. The molecule has 0 saturated carbocycles. The Hall–Kier alpha value is -3.66. The number of carbonyl (C=O) groups excluding carboxylic acids is 3. The second-order valence-electron chi connectivity index (χ2n) is 11.7. The van der Waals surface area contributed by atoms with Crippen LogP contribution in [0.25, 0.3) is 0 Å². The number of methoxy groups -OCH3 is 1. The molecule has 41 heavy (non-hydrogen) atoms. The minimum atomic E-state index is -0.876.